The van der Waals surface area contributed by atoms with Crippen LogP contribution in [0.3, 0.4) is 0 Å². The molecule has 2 N–H and O–H groups in total. The molecule has 3 aromatic carbocycles. The fourth-order valence-corrected chi connectivity index (χ4v) is 3.61. The Morgan fingerprint density at radius 2 is 1.70 bits per heavy atom. The van der Waals surface area contributed by atoms with Gasteiger partial charge in [0.05, 0.1) is 0 Å². The van der Waals surface area contributed by atoms with Gasteiger partial charge in [-0.1, -0.05) is 24.3 Å². The van der Waals surface area contributed by atoms with E-state index in [1.165, 1.54) is 0 Å². The number of fused-ring (bicyclic) bond motifs is 1. The molecule has 0 unspecified atom stereocenters. The van der Waals surface area contributed by atoms with Gasteiger partial charge in [-0.25, -0.2) is 4.98 Å². The molecule has 6 heteroatoms. The number of carbonyl (C=O) groups excluding carboxylic acids is 2. The van der Waals surface area contributed by atoms with Crippen molar-refractivity contribution in [2.45, 2.75) is 19.8 Å². The first-order valence-corrected chi connectivity index (χ1v) is 10.9. The third-order valence-electron chi connectivity index (χ3n) is 5.52. The normalized spacial score (nSPS) is 12.9. The highest BCUT2D eigenvalue weighted by Crippen LogP contribution is 2.31. The summed E-state index contributed by atoms with van der Waals surface area (Å²) >= 11 is 0. The van der Waals surface area contributed by atoms with Crippen molar-refractivity contribution < 1.29 is 14.3 Å². The molecular formula is C27H23N3O3. The zero-order valence-electron chi connectivity index (χ0n) is 18.2. The molecule has 164 valence electrons. The summed E-state index contributed by atoms with van der Waals surface area (Å²) in [6.07, 6.45) is 3.47. The number of aryl methyl sites for hydroxylation is 1. The van der Waals surface area contributed by atoms with Gasteiger partial charge in [0.1, 0.15) is 17.3 Å². The van der Waals surface area contributed by atoms with Gasteiger partial charge in [-0.2, -0.15) is 0 Å². The van der Waals surface area contributed by atoms with E-state index in [2.05, 4.69) is 15.6 Å². The van der Waals surface area contributed by atoms with E-state index in [0.29, 0.717) is 22.9 Å². The Morgan fingerprint density at radius 1 is 0.879 bits per heavy atom. The van der Waals surface area contributed by atoms with Crippen LogP contribution in [0.5, 0.6) is 11.5 Å². The highest BCUT2D eigenvalue weighted by Gasteiger charge is 2.29. The monoisotopic (exact) mass is 437 g/mol. The molecule has 1 aliphatic carbocycles. The van der Waals surface area contributed by atoms with E-state index in [4.69, 9.17) is 4.74 Å². The van der Waals surface area contributed by atoms with Crippen LogP contribution in [0.25, 0.3) is 10.8 Å². The van der Waals surface area contributed by atoms with Crippen LogP contribution in [0.1, 0.15) is 28.8 Å². The lowest BCUT2D eigenvalue weighted by Gasteiger charge is -2.10. The lowest BCUT2D eigenvalue weighted by atomic mass is 10.1. The Morgan fingerprint density at radius 3 is 2.52 bits per heavy atom. The van der Waals surface area contributed by atoms with Gasteiger partial charge in [-0.05, 0) is 78.6 Å². The Kier molecular flexibility index (Phi) is 5.48. The van der Waals surface area contributed by atoms with Crippen molar-refractivity contribution in [2.24, 2.45) is 5.92 Å². The molecule has 33 heavy (non-hydrogen) atoms. The van der Waals surface area contributed by atoms with E-state index in [-0.39, 0.29) is 17.7 Å². The zero-order chi connectivity index (χ0) is 22.8. The van der Waals surface area contributed by atoms with Crippen molar-refractivity contribution in [1.82, 2.24) is 4.98 Å². The predicted molar refractivity (Wildman–Crippen MR) is 129 cm³/mol. The van der Waals surface area contributed by atoms with Crippen LogP contribution in [0.4, 0.5) is 11.5 Å². The summed E-state index contributed by atoms with van der Waals surface area (Å²) in [6, 6.07) is 22.4. The number of hydrogen-bond donors (Lipinski definition) is 2. The second kappa shape index (κ2) is 8.74. The van der Waals surface area contributed by atoms with E-state index in [1.807, 2.05) is 67.6 Å². The van der Waals surface area contributed by atoms with E-state index in [1.54, 1.807) is 18.3 Å². The molecule has 0 atom stereocenters. The number of amides is 2. The maximum absolute atomic E-state index is 12.7. The third kappa shape index (κ3) is 5.01. The molecule has 1 aliphatic rings. The number of rotatable bonds is 6. The standard InChI is InChI=1S/C27H23N3O3/c1-17-3-2-4-22(13-17)29-27(32)20-8-5-18-9-10-23(15-21(18)14-20)33-24-11-12-28-25(16-24)30-26(31)19-6-7-19/h2-5,8-16,19H,6-7H2,1H3,(H,29,32)(H,28,30,31). The first-order chi connectivity index (χ1) is 16.0. The average Bonchev–Trinajstić information content (AvgIpc) is 3.64. The largest absolute Gasteiger partial charge is 0.457 e. The number of hydrogen-bond acceptors (Lipinski definition) is 4. The van der Waals surface area contributed by atoms with Crippen molar-refractivity contribution in [3.05, 3.63) is 90.1 Å². The minimum absolute atomic E-state index is 0.00169. The van der Waals surface area contributed by atoms with Crippen LogP contribution in [-0.2, 0) is 4.79 Å². The van der Waals surface area contributed by atoms with Crippen LogP contribution in [-0.4, -0.2) is 16.8 Å². The van der Waals surface area contributed by atoms with Crippen molar-refractivity contribution in [2.75, 3.05) is 10.6 Å². The molecule has 0 saturated heterocycles. The molecule has 0 spiro atoms. The molecule has 4 aromatic rings. The van der Waals surface area contributed by atoms with E-state index < -0.39 is 0 Å². The topological polar surface area (TPSA) is 80.3 Å². The molecular weight excluding hydrogens is 414 g/mol. The Hall–Kier alpha value is -4.19. The predicted octanol–water partition coefficient (Wildman–Crippen LogP) is 5.94. The molecule has 1 aromatic heterocycles. The number of pyridine rings is 1. The molecule has 0 aliphatic heterocycles. The van der Waals surface area contributed by atoms with E-state index in [9.17, 15) is 9.59 Å². The van der Waals surface area contributed by atoms with Gasteiger partial charge in [0.25, 0.3) is 5.91 Å². The number of carbonyl (C=O) groups is 2. The summed E-state index contributed by atoms with van der Waals surface area (Å²) in [5.41, 5.74) is 2.41. The number of nitrogens with zero attached hydrogens (tertiary/aromatic N) is 1. The Labute approximate surface area is 191 Å². The van der Waals surface area contributed by atoms with Crippen LogP contribution in [0, 0.1) is 12.8 Å². The molecule has 0 bridgehead atoms. The SMILES string of the molecule is Cc1cccc(NC(=O)c2ccc3ccc(Oc4ccnc(NC(=O)C5CC5)c4)cc3c2)c1. The lowest BCUT2D eigenvalue weighted by molar-refractivity contribution is -0.117. The molecule has 1 heterocycles. The van der Waals surface area contributed by atoms with Crippen LogP contribution >= 0.6 is 0 Å². The number of benzene rings is 3. The number of nitrogens with one attached hydrogen (secondary N) is 2. The van der Waals surface area contributed by atoms with Crippen LogP contribution < -0.4 is 15.4 Å². The van der Waals surface area contributed by atoms with Crippen molar-refractivity contribution in [3.63, 3.8) is 0 Å². The van der Waals surface area contributed by atoms with Crippen molar-refractivity contribution in [3.8, 4) is 11.5 Å². The summed E-state index contributed by atoms with van der Waals surface area (Å²) < 4.78 is 6.00. The minimum Gasteiger partial charge on any atom is -0.457 e. The van der Waals surface area contributed by atoms with Gasteiger partial charge in [0.2, 0.25) is 5.91 Å². The first-order valence-electron chi connectivity index (χ1n) is 10.9. The van der Waals surface area contributed by atoms with Crippen LogP contribution in [0.2, 0.25) is 0 Å². The summed E-state index contributed by atoms with van der Waals surface area (Å²) in [5, 5.41) is 7.66. The van der Waals surface area contributed by atoms with E-state index >= 15 is 0 Å². The Bertz CT molecular complexity index is 1360. The molecule has 1 saturated carbocycles. The summed E-state index contributed by atoms with van der Waals surface area (Å²) in [4.78, 5) is 28.9. The molecule has 5 rings (SSSR count). The fourth-order valence-electron chi connectivity index (χ4n) is 3.61. The van der Waals surface area contributed by atoms with E-state index in [0.717, 1.165) is 34.9 Å². The molecule has 2 amide bonds. The second-order valence-electron chi connectivity index (χ2n) is 8.29. The first kappa shape index (κ1) is 20.7. The number of ether oxygens (including phenoxy) is 1. The fraction of sp³-hybridized carbons (Fsp3) is 0.148. The minimum atomic E-state index is -0.168. The molecule has 6 nitrogen and oxygen atoms in total. The zero-order valence-corrected chi connectivity index (χ0v) is 18.2. The average molecular weight is 437 g/mol. The van der Waals surface area contributed by atoms with Gasteiger partial charge >= 0.3 is 0 Å². The summed E-state index contributed by atoms with van der Waals surface area (Å²) in [7, 11) is 0. The van der Waals surface area contributed by atoms with Gasteiger partial charge in [0.15, 0.2) is 0 Å². The number of aromatic nitrogens is 1. The van der Waals surface area contributed by atoms with Gasteiger partial charge in [0, 0.05) is 29.4 Å². The molecule has 0 radical (unpaired) electrons. The summed E-state index contributed by atoms with van der Waals surface area (Å²) in [5.74, 6) is 1.61. The van der Waals surface area contributed by atoms with Gasteiger partial charge < -0.3 is 15.4 Å². The second-order valence-corrected chi connectivity index (χ2v) is 8.29. The maximum Gasteiger partial charge on any atom is 0.255 e. The van der Waals surface area contributed by atoms with Crippen molar-refractivity contribution >= 4 is 34.1 Å². The lowest BCUT2D eigenvalue weighted by Crippen LogP contribution is -2.14. The highest BCUT2D eigenvalue weighted by molar-refractivity contribution is 6.06. The Balaban J connectivity index is 1.33. The third-order valence-corrected chi connectivity index (χ3v) is 5.52. The summed E-state index contributed by atoms with van der Waals surface area (Å²) in [6.45, 7) is 1.99. The van der Waals surface area contributed by atoms with Gasteiger partial charge in [-0.3, -0.25) is 9.59 Å². The molecule has 1 fully saturated rings. The smallest absolute Gasteiger partial charge is 0.255 e. The highest BCUT2D eigenvalue weighted by atomic mass is 16.5. The maximum atomic E-state index is 12.7. The van der Waals surface area contributed by atoms with Crippen LogP contribution in [0.15, 0.2) is 79.0 Å². The quantitative estimate of drug-likeness (QED) is 0.391. The number of anilines is 2. The van der Waals surface area contributed by atoms with Crippen molar-refractivity contribution in [1.29, 1.82) is 0 Å². The van der Waals surface area contributed by atoms with Gasteiger partial charge in [-0.15, -0.1) is 0 Å².